The summed E-state index contributed by atoms with van der Waals surface area (Å²) in [7, 11) is 0. The normalized spacial score (nSPS) is 22.7. The van der Waals surface area contributed by atoms with E-state index in [0.29, 0.717) is 13.3 Å². The van der Waals surface area contributed by atoms with Crippen LogP contribution in [0.1, 0.15) is 17.3 Å². The van der Waals surface area contributed by atoms with E-state index in [2.05, 4.69) is 34.6 Å². The van der Waals surface area contributed by atoms with Gasteiger partial charge < -0.3 is 15.2 Å². The van der Waals surface area contributed by atoms with Crippen LogP contribution in [0, 0.1) is 5.21 Å². The first-order chi connectivity index (χ1) is 10.3. The molecule has 2 aromatic rings. The molecule has 108 valence electrons. The SMILES string of the molecule is [O-]N1CNN2CN(c3ccccc3)Cc3ccccc3C12. The molecule has 0 aliphatic carbocycles. The number of nitrogens with one attached hydrogen (secondary N) is 1. The molecule has 0 bridgehead atoms. The van der Waals surface area contributed by atoms with Crippen molar-refractivity contribution in [2.75, 3.05) is 18.2 Å². The molecule has 0 saturated carbocycles. The van der Waals surface area contributed by atoms with Gasteiger partial charge in [0.1, 0.15) is 0 Å². The second-order valence-electron chi connectivity index (χ2n) is 5.45. The number of hydrazine groups is 1. The van der Waals surface area contributed by atoms with Crippen molar-refractivity contribution >= 4 is 5.69 Å². The largest absolute Gasteiger partial charge is 0.783 e. The third-order valence-corrected chi connectivity index (χ3v) is 4.14. The Labute approximate surface area is 123 Å². The maximum atomic E-state index is 12.2. The highest BCUT2D eigenvalue weighted by Crippen LogP contribution is 2.34. The summed E-state index contributed by atoms with van der Waals surface area (Å²) in [5.41, 5.74) is 6.66. The fourth-order valence-corrected chi connectivity index (χ4v) is 3.12. The lowest BCUT2D eigenvalue weighted by Crippen LogP contribution is -2.41. The van der Waals surface area contributed by atoms with Crippen molar-refractivity contribution in [2.24, 2.45) is 0 Å². The molecule has 1 N–H and O–H groups in total. The third-order valence-electron chi connectivity index (χ3n) is 4.14. The van der Waals surface area contributed by atoms with Gasteiger partial charge in [-0.3, -0.25) is 0 Å². The van der Waals surface area contributed by atoms with Crippen LogP contribution in [0.2, 0.25) is 0 Å². The van der Waals surface area contributed by atoms with Crippen LogP contribution in [0.15, 0.2) is 54.6 Å². The Morgan fingerprint density at radius 2 is 1.76 bits per heavy atom. The van der Waals surface area contributed by atoms with Crippen LogP contribution < -0.4 is 10.3 Å². The summed E-state index contributed by atoms with van der Waals surface area (Å²) < 4.78 is 0. The molecule has 0 aromatic heterocycles. The van der Waals surface area contributed by atoms with Gasteiger partial charge in [0, 0.05) is 12.2 Å². The summed E-state index contributed by atoms with van der Waals surface area (Å²) in [4.78, 5) is 2.28. The summed E-state index contributed by atoms with van der Waals surface area (Å²) in [6.07, 6.45) is -0.241. The average Bonchev–Trinajstić information content (AvgIpc) is 2.80. The minimum atomic E-state index is -0.241. The summed E-state index contributed by atoms with van der Waals surface area (Å²) in [6, 6.07) is 18.5. The van der Waals surface area contributed by atoms with E-state index in [4.69, 9.17) is 0 Å². The Balaban J connectivity index is 1.77. The van der Waals surface area contributed by atoms with E-state index in [9.17, 15) is 5.21 Å². The van der Waals surface area contributed by atoms with Crippen molar-refractivity contribution in [2.45, 2.75) is 12.7 Å². The first-order valence-electron chi connectivity index (χ1n) is 7.14. The Morgan fingerprint density at radius 1 is 1.00 bits per heavy atom. The van der Waals surface area contributed by atoms with Crippen LogP contribution in [0.4, 0.5) is 5.69 Å². The average molecular weight is 281 g/mol. The zero-order valence-corrected chi connectivity index (χ0v) is 11.6. The zero-order valence-electron chi connectivity index (χ0n) is 11.6. The number of fused-ring (bicyclic) bond motifs is 3. The molecule has 1 atom stereocenters. The van der Waals surface area contributed by atoms with E-state index >= 15 is 0 Å². The molecule has 0 amide bonds. The molecule has 1 unspecified atom stereocenters. The molecule has 0 radical (unpaired) electrons. The first kappa shape index (κ1) is 12.8. The molecule has 21 heavy (non-hydrogen) atoms. The van der Waals surface area contributed by atoms with Crippen LogP contribution in [-0.2, 0) is 6.54 Å². The highest BCUT2D eigenvalue weighted by Gasteiger charge is 2.33. The lowest BCUT2D eigenvalue weighted by molar-refractivity contribution is 0.148. The van der Waals surface area contributed by atoms with Gasteiger partial charge >= 0.3 is 0 Å². The maximum absolute atomic E-state index is 12.2. The first-order valence-corrected chi connectivity index (χ1v) is 7.14. The number of para-hydroxylation sites is 1. The van der Waals surface area contributed by atoms with Crippen molar-refractivity contribution in [3.05, 3.63) is 70.9 Å². The smallest absolute Gasteiger partial charge is 0.0937 e. The Morgan fingerprint density at radius 3 is 2.62 bits per heavy atom. The van der Waals surface area contributed by atoms with Gasteiger partial charge in [-0.2, -0.15) is 0 Å². The van der Waals surface area contributed by atoms with Crippen molar-refractivity contribution in [3.63, 3.8) is 0 Å². The van der Waals surface area contributed by atoms with Crippen molar-refractivity contribution in [3.8, 4) is 0 Å². The van der Waals surface area contributed by atoms with Crippen LogP contribution >= 0.6 is 0 Å². The molecule has 5 nitrogen and oxygen atoms in total. The van der Waals surface area contributed by atoms with Gasteiger partial charge in [0.15, 0.2) is 0 Å². The van der Waals surface area contributed by atoms with Gasteiger partial charge in [-0.05, 0) is 23.3 Å². The maximum Gasteiger partial charge on any atom is 0.0937 e. The van der Waals surface area contributed by atoms with Crippen LogP contribution in [-0.4, -0.2) is 23.4 Å². The Kier molecular flexibility index (Phi) is 3.12. The predicted molar refractivity (Wildman–Crippen MR) is 81.7 cm³/mol. The van der Waals surface area contributed by atoms with E-state index in [1.807, 2.05) is 35.3 Å². The fourth-order valence-electron chi connectivity index (χ4n) is 3.12. The molecule has 1 saturated heterocycles. The van der Waals surface area contributed by atoms with Crippen LogP contribution in [0.5, 0.6) is 0 Å². The second-order valence-corrected chi connectivity index (χ2v) is 5.45. The minimum Gasteiger partial charge on any atom is -0.783 e. The van der Waals surface area contributed by atoms with E-state index in [1.165, 1.54) is 11.3 Å². The van der Waals surface area contributed by atoms with E-state index in [0.717, 1.165) is 17.2 Å². The van der Waals surface area contributed by atoms with E-state index in [-0.39, 0.29) is 6.17 Å². The Bertz CT molecular complexity index is 633. The zero-order chi connectivity index (χ0) is 14.2. The lowest BCUT2D eigenvalue weighted by atomic mass is 10.0. The fraction of sp³-hybridized carbons (Fsp3) is 0.250. The van der Waals surface area contributed by atoms with E-state index < -0.39 is 0 Å². The molecule has 2 heterocycles. The Hall–Kier alpha value is -1.92. The minimum absolute atomic E-state index is 0.241. The third kappa shape index (κ3) is 2.20. The molecule has 1 fully saturated rings. The van der Waals surface area contributed by atoms with Crippen molar-refractivity contribution < 1.29 is 0 Å². The topological polar surface area (TPSA) is 44.8 Å². The molecule has 4 rings (SSSR count). The quantitative estimate of drug-likeness (QED) is 0.868. The second kappa shape index (κ2) is 5.13. The molecule has 2 aliphatic rings. The summed E-state index contributed by atoms with van der Waals surface area (Å²) in [5.74, 6) is 0. The number of hydroxylamine groups is 2. The monoisotopic (exact) mass is 281 g/mol. The number of hydrogen-bond donors (Lipinski definition) is 1. The van der Waals surface area contributed by atoms with Gasteiger partial charge in [0.2, 0.25) is 0 Å². The van der Waals surface area contributed by atoms with Crippen molar-refractivity contribution in [1.82, 2.24) is 15.5 Å². The molecule has 0 spiro atoms. The van der Waals surface area contributed by atoms with Crippen LogP contribution in [0.3, 0.4) is 0 Å². The van der Waals surface area contributed by atoms with Gasteiger partial charge in [-0.1, -0.05) is 42.5 Å². The number of rotatable bonds is 1. The number of nitrogens with zero attached hydrogens (tertiary/aromatic N) is 3. The number of benzene rings is 2. The van der Waals surface area contributed by atoms with Gasteiger partial charge in [0.25, 0.3) is 0 Å². The standard InChI is InChI=1S/C16H17N4O/c21-20-11-17-19-12-18(14-7-2-1-3-8-14)10-13-6-4-5-9-15(13)16(19)20/h1-9,16-17H,10-12H2/q-1. The van der Waals surface area contributed by atoms with E-state index in [1.54, 1.807) is 0 Å². The number of anilines is 1. The molecule has 5 heteroatoms. The van der Waals surface area contributed by atoms with Crippen LogP contribution in [0.25, 0.3) is 0 Å². The highest BCUT2D eigenvalue weighted by atomic mass is 16.5. The summed E-state index contributed by atoms with van der Waals surface area (Å²) in [5, 5.41) is 15.3. The summed E-state index contributed by atoms with van der Waals surface area (Å²) >= 11 is 0. The predicted octanol–water partition coefficient (Wildman–Crippen LogP) is 2.24. The lowest BCUT2D eigenvalue weighted by Gasteiger charge is -2.33. The van der Waals surface area contributed by atoms with Gasteiger partial charge in [0.05, 0.1) is 19.5 Å². The highest BCUT2D eigenvalue weighted by molar-refractivity contribution is 5.48. The van der Waals surface area contributed by atoms with Gasteiger partial charge in [-0.25, -0.2) is 10.4 Å². The molecular weight excluding hydrogens is 264 g/mol. The molecule has 2 aliphatic heterocycles. The van der Waals surface area contributed by atoms with Gasteiger partial charge in [-0.15, -0.1) is 0 Å². The number of hydrogen-bond acceptors (Lipinski definition) is 5. The molecular formula is C16H17N4O-. The van der Waals surface area contributed by atoms with Crippen molar-refractivity contribution in [1.29, 1.82) is 0 Å². The summed E-state index contributed by atoms with van der Waals surface area (Å²) in [6.45, 7) is 1.83. The molecule has 2 aromatic carbocycles.